The van der Waals surface area contributed by atoms with Crippen LogP contribution in [-0.2, 0) is 6.54 Å². The third-order valence-corrected chi connectivity index (χ3v) is 4.65. The number of benzene rings is 1. The molecule has 0 radical (unpaired) electrons. The molecular formula is C17H26ClN. The van der Waals surface area contributed by atoms with E-state index in [1.54, 1.807) is 0 Å². The van der Waals surface area contributed by atoms with Gasteiger partial charge in [0.05, 0.1) is 0 Å². The van der Waals surface area contributed by atoms with Crippen molar-refractivity contribution in [3.8, 4) is 0 Å². The molecule has 1 aromatic carbocycles. The molecule has 106 valence electrons. The van der Waals surface area contributed by atoms with E-state index < -0.39 is 0 Å². The number of hydrogen-bond acceptors (Lipinski definition) is 1. The van der Waals surface area contributed by atoms with Gasteiger partial charge in [0.2, 0.25) is 0 Å². The number of hydrogen-bond donors (Lipinski definition) is 1. The summed E-state index contributed by atoms with van der Waals surface area (Å²) in [7, 11) is 0. The zero-order valence-corrected chi connectivity index (χ0v) is 13.0. The molecule has 0 spiro atoms. The highest BCUT2D eigenvalue weighted by atomic mass is 35.5. The zero-order chi connectivity index (χ0) is 13.7. The summed E-state index contributed by atoms with van der Waals surface area (Å²) in [6.45, 7) is 6.47. The van der Waals surface area contributed by atoms with Gasteiger partial charge in [-0.3, -0.25) is 0 Å². The molecule has 0 heterocycles. The fraction of sp³-hybridized carbons (Fsp3) is 0.647. The molecule has 1 aliphatic rings. The van der Waals surface area contributed by atoms with E-state index in [1.165, 1.54) is 43.2 Å². The normalized spacial score (nSPS) is 23.5. The molecule has 1 N–H and O–H groups in total. The topological polar surface area (TPSA) is 12.0 Å². The SMILES string of the molecule is Cc1ccc(CNCCC2CCCC(C)C2)c(Cl)c1. The first-order chi connectivity index (χ1) is 9.15. The van der Waals surface area contributed by atoms with Gasteiger partial charge in [0.15, 0.2) is 0 Å². The van der Waals surface area contributed by atoms with Crippen LogP contribution in [0.1, 0.15) is 50.2 Å². The molecule has 1 saturated carbocycles. The number of rotatable bonds is 5. The lowest BCUT2D eigenvalue weighted by molar-refractivity contribution is 0.267. The highest BCUT2D eigenvalue weighted by molar-refractivity contribution is 6.31. The Morgan fingerprint density at radius 3 is 2.89 bits per heavy atom. The molecule has 2 heteroatoms. The van der Waals surface area contributed by atoms with Crippen LogP contribution >= 0.6 is 11.6 Å². The molecule has 19 heavy (non-hydrogen) atoms. The molecule has 1 nitrogen and oxygen atoms in total. The maximum Gasteiger partial charge on any atom is 0.0453 e. The molecule has 0 aromatic heterocycles. The molecule has 0 bridgehead atoms. The summed E-state index contributed by atoms with van der Waals surface area (Å²) in [5.41, 5.74) is 2.44. The quantitative estimate of drug-likeness (QED) is 0.752. The minimum atomic E-state index is 0.888. The molecule has 1 fully saturated rings. The van der Waals surface area contributed by atoms with Gasteiger partial charge in [-0.2, -0.15) is 0 Å². The molecule has 0 aliphatic heterocycles. The molecule has 1 aromatic rings. The Labute approximate surface area is 122 Å². The second-order valence-corrected chi connectivity index (χ2v) is 6.61. The molecule has 2 unspecified atom stereocenters. The maximum absolute atomic E-state index is 6.24. The average molecular weight is 280 g/mol. The monoisotopic (exact) mass is 279 g/mol. The van der Waals surface area contributed by atoms with Crippen molar-refractivity contribution in [3.63, 3.8) is 0 Å². The summed E-state index contributed by atoms with van der Waals surface area (Å²) in [6, 6.07) is 6.31. The van der Waals surface area contributed by atoms with Gasteiger partial charge in [-0.05, 0) is 55.3 Å². The van der Waals surface area contributed by atoms with Gasteiger partial charge >= 0.3 is 0 Å². The zero-order valence-electron chi connectivity index (χ0n) is 12.2. The first kappa shape index (κ1) is 14.9. The van der Waals surface area contributed by atoms with Gasteiger partial charge in [0.1, 0.15) is 0 Å². The lowest BCUT2D eigenvalue weighted by atomic mass is 9.81. The summed E-state index contributed by atoms with van der Waals surface area (Å²) >= 11 is 6.24. The first-order valence-corrected chi connectivity index (χ1v) is 7.98. The van der Waals surface area contributed by atoms with Crippen LogP contribution in [0.2, 0.25) is 5.02 Å². The number of nitrogens with one attached hydrogen (secondary N) is 1. The maximum atomic E-state index is 6.24. The minimum Gasteiger partial charge on any atom is -0.313 e. The second-order valence-electron chi connectivity index (χ2n) is 6.20. The summed E-state index contributed by atoms with van der Waals surface area (Å²) in [5, 5.41) is 4.43. The molecule has 1 aliphatic carbocycles. The lowest BCUT2D eigenvalue weighted by Crippen LogP contribution is -2.21. The predicted molar refractivity (Wildman–Crippen MR) is 83.6 cm³/mol. The van der Waals surface area contributed by atoms with Crippen molar-refractivity contribution in [1.82, 2.24) is 5.32 Å². The van der Waals surface area contributed by atoms with Gasteiger partial charge < -0.3 is 5.32 Å². The number of aryl methyl sites for hydroxylation is 1. The van der Waals surface area contributed by atoms with E-state index in [9.17, 15) is 0 Å². The Morgan fingerprint density at radius 1 is 1.32 bits per heavy atom. The largest absolute Gasteiger partial charge is 0.313 e. The second kappa shape index (κ2) is 7.31. The van der Waals surface area contributed by atoms with Gasteiger partial charge in [0.25, 0.3) is 0 Å². The molecule has 2 rings (SSSR count). The van der Waals surface area contributed by atoms with Crippen LogP contribution in [-0.4, -0.2) is 6.54 Å². The van der Waals surface area contributed by atoms with Crippen LogP contribution < -0.4 is 5.32 Å². The Bertz CT molecular complexity index is 402. The summed E-state index contributed by atoms with van der Waals surface area (Å²) in [5.74, 6) is 1.87. The Morgan fingerprint density at radius 2 is 2.16 bits per heavy atom. The van der Waals surface area contributed by atoms with Gasteiger partial charge in [-0.25, -0.2) is 0 Å². The van der Waals surface area contributed by atoms with Gasteiger partial charge in [-0.1, -0.05) is 49.9 Å². The van der Waals surface area contributed by atoms with Crippen molar-refractivity contribution < 1.29 is 0 Å². The highest BCUT2D eigenvalue weighted by Gasteiger charge is 2.18. The summed E-state index contributed by atoms with van der Waals surface area (Å²) in [4.78, 5) is 0. The van der Waals surface area contributed by atoms with E-state index in [0.29, 0.717) is 0 Å². The van der Waals surface area contributed by atoms with E-state index in [0.717, 1.165) is 29.9 Å². The van der Waals surface area contributed by atoms with Gasteiger partial charge in [-0.15, -0.1) is 0 Å². The van der Waals surface area contributed by atoms with E-state index in [-0.39, 0.29) is 0 Å². The first-order valence-electron chi connectivity index (χ1n) is 7.61. The average Bonchev–Trinajstić information content (AvgIpc) is 2.37. The Balaban J connectivity index is 1.69. The minimum absolute atomic E-state index is 0.888. The van der Waals surface area contributed by atoms with Crippen LogP contribution in [0.5, 0.6) is 0 Å². The van der Waals surface area contributed by atoms with Crippen molar-refractivity contribution in [3.05, 3.63) is 34.3 Å². The molecular weight excluding hydrogens is 254 g/mol. The van der Waals surface area contributed by atoms with Crippen molar-refractivity contribution >= 4 is 11.6 Å². The smallest absolute Gasteiger partial charge is 0.0453 e. The Hall–Kier alpha value is -0.530. The third-order valence-electron chi connectivity index (χ3n) is 4.30. The summed E-state index contributed by atoms with van der Waals surface area (Å²) < 4.78 is 0. The van der Waals surface area contributed by atoms with Crippen LogP contribution in [0, 0.1) is 18.8 Å². The van der Waals surface area contributed by atoms with Crippen LogP contribution in [0.15, 0.2) is 18.2 Å². The van der Waals surface area contributed by atoms with Crippen molar-refractivity contribution in [2.45, 2.75) is 52.5 Å². The molecule has 0 amide bonds. The van der Waals surface area contributed by atoms with E-state index in [1.807, 2.05) is 6.07 Å². The van der Waals surface area contributed by atoms with E-state index in [4.69, 9.17) is 11.6 Å². The predicted octanol–water partition coefficient (Wildman–Crippen LogP) is 4.95. The van der Waals surface area contributed by atoms with E-state index >= 15 is 0 Å². The van der Waals surface area contributed by atoms with Crippen molar-refractivity contribution in [2.75, 3.05) is 6.54 Å². The van der Waals surface area contributed by atoms with Crippen LogP contribution in [0.25, 0.3) is 0 Å². The van der Waals surface area contributed by atoms with Crippen LogP contribution in [0.4, 0.5) is 0 Å². The molecule has 0 saturated heterocycles. The van der Waals surface area contributed by atoms with Crippen LogP contribution in [0.3, 0.4) is 0 Å². The molecule has 2 atom stereocenters. The van der Waals surface area contributed by atoms with Crippen molar-refractivity contribution in [2.24, 2.45) is 11.8 Å². The van der Waals surface area contributed by atoms with Gasteiger partial charge in [0, 0.05) is 11.6 Å². The number of halogens is 1. The fourth-order valence-corrected chi connectivity index (χ4v) is 3.45. The third kappa shape index (κ3) is 4.81. The standard InChI is InChI=1S/C17H26ClN/c1-13-4-3-5-15(10-13)8-9-19-12-16-7-6-14(2)11-17(16)18/h6-7,11,13,15,19H,3-5,8-10,12H2,1-2H3. The Kier molecular flexibility index (Phi) is 5.72. The van der Waals surface area contributed by atoms with E-state index in [2.05, 4.69) is 31.3 Å². The lowest BCUT2D eigenvalue weighted by Gasteiger charge is -2.26. The summed E-state index contributed by atoms with van der Waals surface area (Å²) in [6.07, 6.45) is 7.02. The van der Waals surface area contributed by atoms with Crippen molar-refractivity contribution in [1.29, 1.82) is 0 Å². The fourth-order valence-electron chi connectivity index (χ4n) is 3.15. The highest BCUT2D eigenvalue weighted by Crippen LogP contribution is 2.30.